The molecule has 2 N–H and O–H groups in total. The highest BCUT2D eigenvalue weighted by atomic mass is 127. The van der Waals surface area contributed by atoms with Crippen molar-refractivity contribution in [1.29, 1.82) is 0 Å². The van der Waals surface area contributed by atoms with Crippen LogP contribution in [-0.2, 0) is 25.4 Å². The van der Waals surface area contributed by atoms with Gasteiger partial charge in [-0.15, -0.1) is 24.0 Å². The van der Waals surface area contributed by atoms with Gasteiger partial charge in [0.15, 0.2) is 5.96 Å². The van der Waals surface area contributed by atoms with Crippen LogP contribution in [0, 0.1) is 0 Å². The molecule has 1 aliphatic rings. The number of hydrogen-bond donors (Lipinski definition) is 2. The molecule has 0 radical (unpaired) electrons. The second-order valence-electron chi connectivity index (χ2n) is 6.30. The molecule has 0 heterocycles. The van der Waals surface area contributed by atoms with Crippen molar-refractivity contribution in [2.75, 3.05) is 44.1 Å². The van der Waals surface area contributed by atoms with E-state index >= 15 is 0 Å². The first-order valence-corrected chi connectivity index (χ1v) is 12.5. The average molecular weight is 524 g/mol. The second kappa shape index (κ2) is 14.1. The Morgan fingerprint density at radius 3 is 2.62 bits per heavy atom. The van der Waals surface area contributed by atoms with Crippen molar-refractivity contribution in [2.24, 2.45) is 4.99 Å². The third-order valence-corrected chi connectivity index (χ3v) is 6.72. The molecule has 0 aromatic rings. The summed E-state index contributed by atoms with van der Waals surface area (Å²) >= 11 is 0. The Morgan fingerprint density at radius 1 is 1.27 bits per heavy atom. The van der Waals surface area contributed by atoms with E-state index in [1.807, 2.05) is 13.8 Å². The normalized spacial score (nSPS) is 22.3. The molecule has 3 unspecified atom stereocenters. The molecule has 26 heavy (non-hydrogen) atoms. The van der Waals surface area contributed by atoms with Gasteiger partial charge in [0, 0.05) is 40.6 Å². The molecule has 10 heteroatoms. The molecule has 0 aromatic heterocycles. The number of rotatable bonds is 10. The van der Waals surface area contributed by atoms with Crippen LogP contribution in [0.3, 0.4) is 0 Å². The van der Waals surface area contributed by atoms with Gasteiger partial charge in [0.1, 0.15) is 9.84 Å². The number of aliphatic imine (C=N–C) groups is 1. The fraction of sp³-hybridized carbons (Fsp3) is 0.938. The van der Waals surface area contributed by atoms with Crippen LogP contribution in [0.25, 0.3) is 0 Å². The maximum Gasteiger partial charge on any atom is 0.191 e. The van der Waals surface area contributed by atoms with Gasteiger partial charge in [-0.3, -0.25) is 9.20 Å². The fourth-order valence-electron chi connectivity index (χ4n) is 2.80. The summed E-state index contributed by atoms with van der Waals surface area (Å²) in [6, 6.07) is 0.290. The number of sulfone groups is 1. The first-order chi connectivity index (χ1) is 11.9. The van der Waals surface area contributed by atoms with Gasteiger partial charge in [0.05, 0.1) is 25.5 Å². The number of nitrogens with one attached hydrogen (secondary N) is 2. The molecule has 156 valence electrons. The molecular weight excluding hydrogens is 489 g/mol. The molecule has 0 saturated heterocycles. The Morgan fingerprint density at radius 2 is 2.00 bits per heavy atom. The minimum absolute atomic E-state index is 0. The summed E-state index contributed by atoms with van der Waals surface area (Å²) in [6.45, 7) is 5.80. The molecule has 3 atom stereocenters. The van der Waals surface area contributed by atoms with Crippen LogP contribution in [0.4, 0.5) is 0 Å². The van der Waals surface area contributed by atoms with Crippen LogP contribution in [0.2, 0.25) is 0 Å². The maximum atomic E-state index is 12.0. The van der Waals surface area contributed by atoms with E-state index in [9.17, 15) is 12.6 Å². The SMILES string of the molecule is CCNC(=NCCOCCS(C)(=O)=O)NC1CCCC(S(=O)CC)C1.I. The van der Waals surface area contributed by atoms with E-state index in [-0.39, 0.29) is 41.6 Å². The highest BCUT2D eigenvalue weighted by molar-refractivity contribution is 14.0. The Hall–Kier alpha value is 0.0600. The van der Waals surface area contributed by atoms with E-state index in [4.69, 9.17) is 4.74 Å². The van der Waals surface area contributed by atoms with Gasteiger partial charge in [0.2, 0.25) is 0 Å². The monoisotopic (exact) mass is 523 g/mol. The molecule has 0 aromatic carbocycles. The second-order valence-corrected chi connectivity index (χ2v) is 10.6. The van der Waals surface area contributed by atoms with Crippen molar-refractivity contribution in [3.63, 3.8) is 0 Å². The summed E-state index contributed by atoms with van der Waals surface area (Å²) in [5.41, 5.74) is 0. The zero-order chi connectivity index (χ0) is 18.7. The van der Waals surface area contributed by atoms with Crippen LogP contribution in [0.15, 0.2) is 4.99 Å². The van der Waals surface area contributed by atoms with Gasteiger partial charge in [-0.05, 0) is 26.2 Å². The summed E-state index contributed by atoms with van der Waals surface area (Å²) in [5.74, 6) is 1.49. The standard InChI is InChI=1S/C16H33N3O4S2.HI/c1-4-17-16(18-9-10-23-11-12-25(3,21)22)19-14-7-6-8-15(13-14)24(20)5-2;/h14-15H,4-13H2,1-3H3,(H2,17,18,19);1H. The highest BCUT2D eigenvalue weighted by Crippen LogP contribution is 2.22. The maximum absolute atomic E-state index is 12.0. The lowest BCUT2D eigenvalue weighted by Gasteiger charge is -2.30. The van der Waals surface area contributed by atoms with Crippen molar-refractivity contribution in [3.8, 4) is 0 Å². The Labute approximate surface area is 177 Å². The van der Waals surface area contributed by atoms with Gasteiger partial charge in [0.25, 0.3) is 0 Å². The molecule has 1 aliphatic carbocycles. The van der Waals surface area contributed by atoms with E-state index in [2.05, 4.69) is 15.6 Å². The van der Waals surface area contributed by atoms with E-state index < -0.39 is 20.6 Å². The summed E-state index contributed by atoms with van der Waals surface area (Å²) in [6.07, 6.45) is 5.30. The topological polar surface area (TPSA) is 96.9 Å². The molecule has 0 spiro atoms. The summed E-state index contributed by atoms with van der Waals surface area (Å²) in [7, 11) is -3.72. The van der Waals surface area contributed by atoms with Crippen LogP contribution in [0.1, 0.15) is 39.5 Å². The lowest BCUT2D eigenvalue weighted by molar-refractivity contribution is 0.157. The lowest BCUT2D eigenvalue weighted by Crippen LogP contribution is -2.46. The van der Waals surface area contributed by atoms with E-state index in [0.717, 1.165) is 43.9 Å². The first kappa shape index (κ1) is 26.1. The smallest absolute Gasteiger partial charge is 0.191 e. The van der Waals surface area contributed by atoms with Gasteiger partial charge in [-0.25, -0.2) is 8.42 Å². The molecule has 0 aliphatic heterocycles. The largest absolute Gasteiger partial charge is 0.378 e. The number of guanidine groups is 1. The van der Waals surface area contributed by atoms with Crippen molar-refractivity contribution in [1.82, 2.24) is 10.6 Å². The first-order valence-electron chi connectivity index (χ1n) is 9.03. The van der Waals surface area contributed by atoms with Crippen LogP contribution in [0.5, 0.6) is 0 Å². The lowest BCUT2D eigenvalue weighted by atomic mass is 9.95. The van der Waals surface area contributed by atoms with Crippen LogP contribution >= 0.6 is 24.0 Å². The van der Waals surface area contributed by atoms with Crippen molar-refractivity contribution >= 4 is 50.6 Å². The zero-order valence-corrected chi connectivity index (χ0v) is 20.0. The molecule has 1 fully saturated rings. The van der Waals surface area contributed by atoms with Gasteiger partial charge in [-0.2, -0.15) is 0 Å². The van der Waals surface area contributed by atoms with Crippen LogP contribution in [-0.4, -0.2) is 73.9 Å². The molecular formula is C16H34IN3O4S2. The summed E-state index contributed by atoms with van der Waals surface area (Å²) in [5, 5.41) is 6.93. The minimum Gasteiger partial charge on any atom is -0.378 e. The van der Waals surface area contributed by atoms with Crippen molar-refractivity contribution in [3.05, 3.63) is 0 Å². The Kier molecular flexibility index (Phi) is 14.1. The molecule has 0 bridgehead atoms. The van der Waals surface area contributed by atoms with Crippen molar-refractivity contribution < 1.29 is 17.4 Å². The zero-order valence-electron chi connectivity index (χ0n) is 16.0. The van der Waals surface area contributed by atoms with Gasteiger partial charge < -0.3 is 15.4 Å². The van der Waals surface area contributed by atoms with Gasteiger partial charge in [-0.1, -0.05) is 13.3 Å². The van der Waals surface area contributed by atoms with E-state index in [1.54, 1.807) is 0 Å². The molecule has 0 amide bonds. The summed E-state index contributed by atoms with van der Waals surface area (Å²) < 4.78 is 39.4. The number of hydrogen-bond acceptors (Lipinski definition) is 5. The number of nitrogens with zero attached hydrogens (tertiary/aromatic N) is 1. The van der Waals surface area contributed by atoms with Crippen molar-refractivity contribution in [2.45, 2.75) is 50.8 Å². The molecule has 1 saturated carbocycles. The predicted octanol–water partition coefficient (Wildman–Crippen LogP) is 1.30. The third-order valence-electron chi connectivity index (χ3n) is 4.07. The quantitative estimate of drug-likeness (QED) is 0.194. The van der Waals surface area contributed by atoms with Crippen LogP contribution < -0.4 is 10.6 Å². The third kappa shape index (κ3) is 11.7. The number of ether oxygens (including phenoxy) is 1. The average Bonchev–Trinajstić information content (AvgIpc) is 2.56. The Balaban J connectivity index is 0.00000625. The predicted molar refractivity (Wildman–Crippen MR) is 120 cm³/mol. The number of halogens is 1. The molecule has 7 nitrogen and oxygen atoms in total. The minimum atomic E-state index is -2.98. The highest BCUT2D eigenvalue weighted by Gasteiger charge is 2.25. The van der Waals surface area contributed by atoms with E-state index in [1.165, 1.54) is 6.26 Å². The van der Waals surface area contributed by atoms with E-state index in [0.29, 0.717) is 19.2 Å². The van der Waals surface area contributed by atoms with Gasteiger partial charge >= 0.3 is 0 Å². The fourth-order valence-corrected chi connectivity index (χ4v) is 4.57. The summed E-state index contributed by atoms with van der Waals surface area (Å²) in [4.78, 5) is 4.48. The Bertz CT molecular complexity index is 544. The molecule has 1 rings (SSSR count).